The quantitative estimate of drug-likeness (QED) is 0.317. The minimum atomic E-state index is -0.708. The molecule has 8 atom stereocenters. The monoisotopic (exact) mass is 612 g/mol. The molecular weight excluding hydrogens is 556 g/mol. The molecule has 240 valence electrons. The Morgan fingerprint density at radius 1 is 0.791 bits per heavy atom. The van der Waals surface area contributed by atoms with Gasteiger partial charge in [-0.3, -0.25) is 0 Å². The Morgan fingerprint density at radius 2 is 1.47 bits per heavy atom. The van der Waals surface area contributed by atoms with E-state index in [0.717, 1.165) is 57.0 Å². The summed E-state index contributed by atoms with van der Waals surface area (Å²) in [6.07, 6.45) is 15.7. The van der Waals surface area contributed by atoms with Crippen molar-refractivity contribution in [3.63, 3.8) is 0 Å². The number of aliphatic hydroxyl groups is 1. The van der Waals surface area contributed by atoms with E-state index in [0.29, 0.717) is 29.3 Å². The third-order valence-corrected chi connectivity index (χ3v) is 14.4. The first kappa shape index (κ1) is 30.9. The van der Waals surface area contributed by atoms with E-state index in [1.54, 1.807) is 0 Å². The fourth-order valence-electron chi connectivity index (χ4n) is 11.5. The molecule has 1 N–H and O–H groups in total. The first-order chi connectivity index (χ1) is 20.8. The second-order valence-corrected chi connectivity index (χ2v) is 16.3. The molecule has 6 heteroatoms. The largest absolute Gasteiger partial charge is 0.389 e. The maximum absolute atomic E-state index is 13.1. The van der Waals surface area contributed by atoms with Crippen LogP contribution in [0.1, 0.15) is 103 Å². The third kappa shape index (κ3) is 5.25. The smallest absolute Gasteiger partial charge is 0.101 e. The van der Waals surface area contributed by atoms with Crippen molar-refractivity contribution < 1.29 is 14.6 Å². The first-order valence-electron chi connectivity index (χ1n) is 18.0. The zero-order valence-electron chi connectivity index (χ0n) is 27.0. The molecular formula is C37H57ClN2O3. The molecule has 2 saturated heterocycles. The van der Waals surface area contributed by atoms with E-state index < -0.39 is 11.2 Å². The molecule has 5 nitrogen and oxygen atoms in total. The van der Waals surface area contributed by atoms with Crippen LogP contribution < -0.4 is 0 Å². The van der Waals surface area contributed by atoms with Crippen LogP contribution in [0.25, 0.3) is 0 Å². The van der Waals surface area contributed by atoms with Crippen molar-refractivity contribution in [2.75, 3.05) is 52.5 Å². The Morgan fingerprint density at radius 3 is 2.16 bits per heavy atom. The van der Waals surface area contributed by atoms with Crippen LogP contribution in [0.3, 0.4) is 0 Å². The molecule has 0 radical (unpaired) electrons. The van der Waals surface area contributed by atoms with Crippen molar-refractivity contribution in [2.45, 2.75) is 115 Å². The second kappa shape index (κ2) is 12.2. The summed E-state index contributed by atoms with van der Waals surface area (Å²) in [4.78, 5) is 5.12. The van der Waals surface area contributed by atoms with Crippen molar-refractivity contribution in [2.24, 2.45) is 28.6 Å². The zero-order chi connectivity index (χ0) is 29.7. The van der Waals surface area contributed by atoms with Gasteiger partial charge in [0.1, 0.15) is 5.60 Å². The molecule has 4 aliphatic carbocycles. The van der Waals surface area contributed by atoms with Gasteiger partial charge in [-0.15, -0.1) is 0 Å². The van der Waals surface area contributed by atoms with Crippen LogP contribution in [-0.2, 0) is 15.1 Å². The van der Waals surface area contributed by atoms with E-state index in [1.165, 1.54) is 89.5 Å². The summed E-state index contributed by atoms with van der Waals surface area (Å²) in [6.45, 7) is 13.6. The predicted molar refractivity (Wildman–Crippen MR) is 173 cm³/mol. The number of ether oxygens (including phenoxy) is 2. The Kier molecular flexibility index (Phi) is 8.75. The molecule has 2 heterocycles. The molecule has 6 aliphatic rings. The third-order valence-electron chi connectivity index (χ3n) is 14.1. The molecule has 4 saturated carbocycles. The fraction of sp³-hybridized carbons (Fsp3) is 0.838. The van der Waals surface area contributed by atoms with Crippen LogP contribution in [0.5, 0.6) is 0 Å². The van der Waals surface area contributed by atoms with E-state index in [9.17, 15) is 5.11 Å². The van der Waals surface area contributed by atoms with Crippen molar-refractivity contribution >= 4 is 11.6 Å². The first-order valence-corrected chi connectivity index (χ1v) is 18.3. The second-order valence-electron chi connectivity index (χ2n) is 15.8. The highest BCUT2D eigenvalue weighted by Gasteiger charge is 2.72. The lowest BCUT2D eigenvalue weighted by atomic mass is 9.42. The average Bonchev–Trinajstić information content (AvgIpc) is 3.76. The van der Waals surface area contributed by atoms with Gasteiger partial charge in [0.25, 0.3) is 0 Å². The normalized spacial score (nSPS) is 43.4. The van der Waals surface area contributed by atoms with Gasteiger partial charge >= 0.3 is 0 Å². The molecule has 1 aromatic rings. The molecule has 0 aromatic heterocycles. The highest BCUT2D eigenvalue weighted by Crippen LogP contribution is 2.72. The van der Waals surface area contributed by atoms with Gasteiger partial charge < -0.3 is 24.4 Å². The molecule has 6 fully saturated rings. The van der Waals surface area contributed by atoms with Gasteiger partial charge in [-0.1, -0.05) is 37.6 Å². The number of nitrogens with zero attached hydrogens (tertiary/aromatic N) is 2. The van der Waals surface area contributed by atoms with Crippen molar-refractivity contribution in [3.05, 3.63) is 34.9 Å². The Bertz CT molecular complexity index is 1110. The van der Waals surface area contributed by atoms with Gasteiger partial charge in [0.2, 0.25) is 0 Å². The highest BCUT2D eigenvalue weighted by atomic mass is 35.5. The zero-order valence-corrected chi connectivity index (χ0v) is 27.8. The fourth-order valence-corrected chi connectivity index (χ4v) is 11.7. The molecule has 0 bridgehead atoms. The SMILES string of the molecule is C[C@]12CCC(OCCN3CCCC3)CC1CC[C@@H]1[C@H]2CC[C@]2(C)C(OCCN3CCCC3)(c3ccc(Cl)cc3)CC[C@@]12O. The molecule has 43 heavy (non-hydrogen) atoms. The number of hydrogen-bond donors (Lipinski definition) is 1. The summed E-state index contributed by atoms with van der Waals surface area (Å²) in [5, 5.41) is 13.8. The van der Waals surface area contributed by atoms with Crippen LogP contribution in [0.15, 0.2) is 24.3 Å². The van der Waals surface area contributed by atoms with E-state index in [1.807, 2.05) is 12.1 Å². The summed E-state index contributed by atoms with van der Waals surface area (Å²) in [6, 6.07) is 8.41. The lowest BCUT2D eigenvalue weighted by Crippen LogP contribution is -2.65. The number of hydrogen-bond acceptors (Lipinski definition) is 5. The summed E-state index contributed by atoms with van der Waals surface area (Å²) >= 11 is 6.38. The maximum Gasteiger partial charge on any atom is 0.101 e. The van der Waals surface area contributed by atoms with Crippen LogP contribution in [0.2, 0.25) is 5.02 Å². The molecule has 3 unspecified atom stereocenters. The van der Waals surface area contributed by atoms with E-state index in [2.05, 4.69) is 35.8 Å². The van der Waals surface area contributed by atoms with Gasteiger partial charge in [-0.2, -0.15) is 0 Å². The number of benzene rings is 1. The summed E-state index contributed by atoms with van der Waals surface area (Å²) in [5.74, 6) is 1.64. The number of likely N-dealkylation sites (tertiary alicyclic amines) is 2. The Balaban J connectivity index is 1.08. The summed E-state index contributed by atoms with van der Waals surface area (Å²) in [7, 11) is 0. The Hall–Kier alpha value is -0.690. The standard InChI is InChI=1S/C37H57ClN2O3/c1-34-15-13-31(42-25-23-39-19-3-4-20-39)27-29(34)9-12-33-32(34)14-16-35(2)36(33,41)17-18-37(35,28-7-10-30(38)11-8-28)43-26-24-40-21-5-6-22-40/h7-8,10-11,29,31-33,41H,3-6,9,12-27H2,1-2H3/t29?,31?,32-,33-,34+,35+,36-,37?/m1/s1. The van der Waals surface area contributed by atoms with E-state index >= 15 is 0 Å². The van der Waals surface area contributed by atoms with Gasteiger partial charge in [-0.25, -0.2) is 0 Å². The molecule has 7 rings (SSSR count). The van der Waals surface area contributed by atoms with Gasteiger partial charge in [0.15, 0.2) is 0 Å². The Labute approximate surface area is 266 Å². The van der Waals surface area contributed by atoms with Crippen LogP contribution in [0, 0.1) is 28.6 Å². The molecule has 0 spiro atoms. The highest BCUT2D eigenvalue weighted by molar-refractivity contribution is 6.30. The summed E-state index contributed by atoms with van der Waals surface area (Å²) < 4.78 is 13.7. The predicted octanol–water partition coefficient (Wildman–Crippen LogP) is 7.29. The van der Waals surface area contributed by atoms with Crippen molar-refractivity contribution in [1.29, 1.82) is 0 Å². The maximum atomic E-state index is 13.1. The van der Waals surface area contributed by atoms with Gasteiger partial charge in [0, 0.05) is 23.5 Å². The minimum absolute atomic E-state index is 0.303. The number of fused-ring (bicyclic) bond motifs is 5. The van der Waals surface area contributed by atoms with Crippen LogP contribution in [-0.4, -0.2) is 79.1 Å². The van der Waals surface area contributed by atoms with Crippen molar-refractivity contribution in [3.8, 4) is 0 Å². The molecule has 1 aromatic carbocycles. The lowest BCUT2D eigenvalue weighted by Gasteiger charge is -2.65. The minimum Gasteiger partial charge on any atom is -0.389 e. The molecule has 0 amide bonds. The molecule has 2 aliphatic heterocycles. The van der Waals surface area contributed by atoms with Crippen LogP contribution >= 0.6 is 11.6 Å². The number of rotatable bonds is 9. The number of halogens is 1. The summed E-state index contributed by atoms with van der Waals surface area (Å²) in [5.41, 5.74) is 0.00740. The lowest BCUT2D eigenvalue weighted by molar-refractivity contribution is -0.249. The average molecular weight is 613 g/mol. The topological polar surface area (TPSA) is 45.2 Å². The van der Waals surface area contributed by atoms with Gasteiger partial charge in [-0.05, 0) is 151 Å². The van der Waals surface area contributed by atoms with Gasteiger partial charge in [0.05, 0.1) is 24.9 Å². The van der Waals surface area contributed by atoms with E-state index in [-0.39, 0.29) is 5.41 Å². The van der Waals surface area contributed by atoms with Crippen LogP contribution in [0.4, 0.5) is 0 Å². The van der Waals surface area contributed by atoms with E-state index in [4.69, 9.17) is 21.1 Å². The van der Waals surface area contributed by atoms with Crippen molar-refractivity contribution in [1.82, 2.24) is 9.80 Å².